The van der Waals surface area contributed by atoms with Crippen LogP contribution in [0.3, 0.4) is 0 Å². The number of carbonyl (C=O) groups is 1. The topological polar surface area (TPSA) is 35.5 Å². The smallest absolute Gasteiger partial charge is 0.334 e. The average molecular weight is 272 g/mol. The van der Waals surface area contributed by atoms with E-state index >= 15 is 0 Å². The van der Waals surface area contributed by atoms with Crippen LogP contribution in [0, 0.1) is 0 Å². The number of esters is 1. The summed E-state index contributed by atoms with van der Waals surface area (Å²) in [6.07, 6.45) is 5.26. The van der Waals surface area contributed by atoms with Crippen LogP contribution in [0.5, 0.6) is 0 Å². The summed E-state index contributed by atoms with van der Waals surface area (Å²) >= 11 is 0. The Balaban J connectivity index is 1.87. The van der Waals surface area contributed by atoms with Crippen LogP contribution in [0.25, 0.3) is 0 Å². The maximum Gasteiger partial charge on any atom is 0.334 e. The molecular weight excluding hydrogens is 252 g/mol. The van der Waals surface area contributed by atoms with Gasteiger partial charge in [0.15, 0.2) is 0 Å². The molecule has 0 aromatic heterocycles. The van der Waals surface area contributed by atoms with Crippen molar-refractivity contribution in [3.05, 3.63) is 59.4 Å². The van der Waals surface area contributed by atoms with Crippen LogP contribution in [-0.2, 0) is 20.9 Å². The first kappa shape index (κ1) is 14.4. The van der Waals surface area contributed by atoms with Crippen LogP contribution >= 0.6 is 0 Å². The van der Waals surface area contributed by atoms with Gasteiger partial charge in [0.05, 0.1) is 11.9 Å². The van der Waals surface area contributed by atoms with E-state index in [2.05, 4.69) is 0 Å². The van der Waals surface area contributed by atoms with Gasteiger partial charge in [0, 0.05) is 12.0 Å². The third-order valence-corrected chi connectivity index (χ3v) is 2.97. The largest absolute Gasteiger partial charge is 0.495 e. The van der Waals surface area contributed by atoms with Crippen LogP contribution in [0.2, 0.25) is 0 Å². The van der Waals surface area contributed by atoms with E-state index in [4.69, 9.17) is 9.47 Å². The minimum atomic E-state index is -0.242. The van der Waals surface area contributed by atoms with Crippen LogP contribution in [-0.4, -0.2) is 12.1 Å². The number of benzene rings is 1. The summed E-state index contributed by atoms with van der Waals surface area (Å²) in [6.45, 7) is 4.30. The molecule has 0 radical (unpaired) electrons. The molecule has 0 fully saturated rings. The standard InChI is InChI=1S/C17H20O3/c1-13(2)20-16-10-8-15(9-11-16)17(18)19-12-14-6-4-3-5-7-14/h3-8,10,13H,9,11-12H2,1-2H3. The van der Waals surface area contributed by atoms with Crippen LogP contribution in [0.15, 0.2) is 53.8 Å². The van der Waals surface area contributed by atoms with E-state index in [0.717, 1.165) is 17.7 Å². The SMILES string of the molecule is CC(C)OC1=CC=C(C(=O)OCc2ccccc2)CC1. The minimum Gasteiger partial charge on any atom is -0.495 e. The zero-order chi connectivity index (χ0) is 14.4. The molecule has 106 valence electrons. The Morgan fingerprint density at radius 1 is 1.15 bits per heavy atom. The lowest BCUT2D eigenvalue weighted by Gasteiger charge is -2.17. The number of ether oxygens (including phenoxy) is 2. The fraction of sp³-hybridized carbons (Fsp3) is 0.353. The molecule has 0 saturated carbocycles. The Kier molecular flexibility index (Phi) is 4.99. The second-order valence-corrected chi connectivity index (χ2v) is 5.05. The second kappa shape index (κ2) is 6.94. The normalized spacial score (nSPS) is 14.6. The highest BCUT2D eigenvalue weighted by Gasteiger charge is 2.16. The fourth-order valence-corrected chi connectivity index (χ4v) is 2.00. The van der Waals surface area contributed by atoms with Crippen molar-refractivity contribution in [3.63, 3.8) is 0 Å². The van der Waals surface area contributed by atoms with E-state index in [-0.39, 0.29) is 12.1 Å². The van der Waals surface area contributed by atoms with E-state index in [9.17, 15) is 4.79 Å². The molecule has 0 atom stereocenters. The molecule has 0 saturated heterocycles. The van der Waals surface area contributed by atoms with Gasteiger partial charge in [-0.05, 0) is 38.0 Å². The van der Waals surface area contributed by atoms with Crippen molar-refractivity contribution < 1.29 is 14.3 Å². The Hall–Kier alpha value is -2.03. The number of hydrogen-bond acceptors (Lipinski definition) is 3. The average Bonchev–Trinajstić information content (AvgIpc) is 2.46. The van der Waals surface area contributed by atoms with E-state index in [1.807, 2.05) is 50.3 Å². The van der Waals surface area contributed by atoms with Crippen molar-refractivity contribution in [3.8, 4) is 0 Å². The first-order valence-corrected chi connectivity index (χ1v) is 6.92. The highest BCUT2D eigenvalue weighted by atomic mass is 16.5. The zero-order valence-corrected chi connectivity index (χ0v) is 12.0. The highest BCUT2D eigenvalue weighted by Crippen LogP contribution is 2.21. The van der Waals surface area contributed by atoms with E-state index in [1.54, 1.807) is 6.08 Å². The third-order valence-electron chi connectivity index (χ3n) is 2.97. The summed E-state index contributed by atoms with van der Waals surface area (Å²) in [7, 11) is 0. The molecule has 0 unspecified atom stereocenters. The summed E-state index contributed by atoms with van der Waals surface area (Å²) in [5.74, 6) is 0.688. The summed E-state index contributed by atoms with van der Waals surface area (Å²) in [4.78, 5) is 11.9. The molecule has 0 aliphatic heterocycles. The molecule has 0 bridgehead atoms. The van der Waals surface area contributed by atoms with Crippen molar-refractivity contribution >= 4 is 5.97 Å². The van der Waals surface area contributed by atoms with Gasteiger partial charge < -0.3 is 9.47 Å². The lowest BCUT2D eigenvalue weighted by Crippen LogP contribution is -2.12. The Bertz CT molecular complexity index is 512. The third kappa shape index (κ3) is 4.26. The number of hydrogen-bond donors (Lipinski definition) is 0. The van der Waals surface area contributed by atoms with Gasteiger partial charge in [-0.1, -0.05) is 30.3 Å². The van der Waals surface area contributed by atoms with Crippen molar-refractivity contribution in [2.75, 3.05) is 0 Å². The zero-order valence-electron chi connectivity index (χ0n) is 12.0. The van der Waals surface area contributed by atoms with Gasteiger partial charge in [-0.25, -0.2) is 4.79 Å². The molecule has 0 N–H and O–H groups in total. The van der Waals surface area contributed by atoms with E-state index < -0.39 is 0 Å². The lowest BCUT2D eigenvalue weighted by atomic mass is 10.0. The molecular formula is C17H20O3. The molecule has 1 aromatic carbocycles. The molecule has 0 spiro atoms. The minimum absolute atomic E-state index is 0.168. The van der Waals surface area contributed by atoms with Gasteiger partial charge in [-0.3, -0.25) is 0 Å². The Labute approximate surface area is 119 Å². The quantitative estimate of drug-likeness (QED) is 0.766. The monoisotopic (exact) mass is 272 g/mol. The summed E-state index contributed by atoms with van der Waals surface area (Å²) in [5, 5.41) is 0. The number of allylic oxidation sites excluding steroid dienone is 3. The molecule has 1 aliphatic carbocycles. The van der Waals surface area contributed by atoms with Gasteiger partial charge in [0.1, 0.15) is 6.61 Å². The summed E-state index contributed by atoms with van der Waals surface area (Å²) < 4.78 is 10.9. The van der Waals surface area contributed by atoms with E-state index in [0.29, 0.717) is 18.6 Å². The second-order valence-electron chi connectivity index (χ2n) is 5.05. The molecule has 2 rings (SSSR count). The van der Waals surface area contributed by atoms with Crippen molar-refractivity contribution in [1.29, 1.82) is 0 Å². The lowest BCUT2D eigenvalue weighted by molar-refractivity contribution is -0.140. The van der Waals surface area contributed by atoms with Gasteiger partial charge in [0.25, 0.3) is 0 Å². The van der Waals surface area contributed by atoms with Gasteiger partial charge in [-0.15, -0.1) is 0 Å². The molecule has 0 amide bonds. The highest BCUT2D eigenvalue weighted by molar-refractivity contribution is 5.89. The predicted octanol–water partition coefficient (Wildman–Crippen LogP) is 3.76. The predicted molar refractivity (Wildman–Crippen MR) is 77.9 cm³/mol. The van der Waals surface area contributed by atoms with Gasteiger partial charge in [0.2, 0.25) is 0 Å². The van der Waals surface area contributed by atoms with Gasteiger partial charge >= 0.3 is 5.97 Å². The molecule has 0 heterocycles. The van der Waals surface area contributed by atoms with Gasteiger partial charge in [-0.2, -0.15) is 0 Å². The van der Waals surface area contributed by atoms with Crippen molar-refractivity contribution in [1.82, 2.24) is 0 Å². The fourth-order valence-electron chi connectivity index (χ4n) is 2.00. The summed E-state index contributed by atoms with van der Waals surface area (Å²) in [6, 6.07) is 9.69. The van der Waals surface area contributed by atoms with E-state index in [1.165, 1.54) is 0 Å². The molecule has 1 aromatic rings. The van der Waals surface area contributed by atoms with Crippen LogP contribution in [0.4, 0.5) is 0 Å². The molecule has 1 aliphatic rings. The van der Waals surface area contributed by atoms with Crippen molar-refractivity contribution in [2.24, 2.45) is 0 Å². The summed E-state index contributed by atoms with van der Waals surface area (Å²) in [5.41, 5.74) is 1.70. The maximum atomic E-state index is 11.9. The first-order valence-electron chi connectivity index (χ1n) is 6.92. The first-order chi connectivity index (χ1) is 9.65. The number of carbonyl (C=O) groups excluding carboxylic acids is 1. The molecule has 20 heavy (non-hydrogen) atoms. The number of rotatable bonds is 5. The Morgan fingerprint density at radius 3 is 2.50 bits per heavy atom. The van der Waals surface area contributed by atoms with Crippen LogP contribution < -0.4 is 0 Å². The van der Waals surface area contributed by atoms with Crippen LogP contribution in [0.1, 0.15) is 32.3 Å². The molecule has 3 heteroatoms. The Morgan fingerprint density at radius 2 is 1.90 bits per heavy atom. The maximum absolute atomic E-state index is 11.9. The molecule has 3 nitrogen and oxygen atoms in total. The van der Waals surface area contributed by atoms with Crippen molar-refractivity contribution in [2.45, 2.75) is 39.4 Å².